The van der Waals surface area contributed by atoms with Crippen molar-refractivity contribution in [3.63, 3.8) is 0 Å². The molecule has 1 unspecified atom stereocenters. The molecule has 1 rings (SSSR count). The van der Waals surface area contributed by atoms with Crippen LogP contribution in [0.15, 0.2) is 0 Å². The molecule has 3 N–H and O–H groups in total. The number of carboxylic acids is 1. The van der Waals surface area contributed by atoms with Crippen molar-refractivity contribution in [2.45, 2.75) is 64.0 Å². The highest BCUT2D eigenvalue weighted by Crippen LogP contribution is 2.31. The molecule has 1 atom stereocenters. The van der Waals surface area contributed by atoms with Gasteiger partial charge in [-0.25, -0.2) is 4.79 Å². The van der Waals surface area contributed by atoms with Crippen molar-refractivity contribution in [3.05, 3.63) is 0 Å². The number of rotatable bonds is 7. The number of carboxylic acid groups (broad SMARTS) is 1. The average Bonchev–Trinajstić information content (AvgIpc) is 2.37. The summed E-state index contributed by atoms with van der Waals surface area (Å²) in [4.78, 5) is 23.3. The molecule has 0 spiro atoms. The van der Waals surface area contributed by atoms with Crippen molar-refractivity contribution in [3.8, 4) is 0 Å². The van der Waals surface area contributed by atoms with E-state index < -0.39 is 11.5 Å². The fourth-order valence-electron chi connectivity index (χ4n) is 2.89. The van der Waals surface area contributed by atoms with Gasteiger partial charge in [0, 0.05) is 7.11 Å². The minimum absolute atomic E-state index is 0.0168. The van der Waals surface area contributed by atoms with Crippen LogP contribution in [0.3, 0.4) is 0 Å². The number of amides is 2. The zero-order chi connectivity index (χ0) is 15.9. The summed E-state index contributed by atoms with van der Waals surface area (Å²) < 4.78 is 5.11. The fraction of sp³-hybridized carbons (Fsp3) is 0.867. The predicted molar refractivity (Wildman–Crippen MR) is 80.2 cm³/mol. The topological polar surface area (TPSA) is 87.7 Å². The Bertz CT molecular complexity index is 352. The van der Waals surface area contributed by atoms with Gasteiger partial charge in [0.25, 0.3) is 0 Å². The van der Waals surface area contributed by atoms with E-state index in [0.717, 1.165) is 32.1 Å². The molecular weight excluding hydrogens is 272 g/mol. The molecule has 0 aromatic rings. The largest absolute Gasteiger partial charge is 0.481 e. The fourth-order valence-corrected chi connectivity index (χ4v) is 2.89. The summed E-state index contributed by atoms with van der Waals surface area (Å²) in [5.41, 5.74) is -0.608. The minimum Gasteiger partial charge on any atom is -0.481 e. The van der Waals surface area contributed by atoms with E-state index in [-0.39, 0.29) is 24.4 Å². The Labute approximate surface area is 126 Å². The van der Waals surface area contributed by atoms with Gasteiger partial charge in [0.05, 0.1) is 24.6 Å². The second kappa shape index (κ2) is 8.22. The van der Waals surface area contributed by atoms with E-state index in [1.807, 2.05) is 13.8 Å². The van der Waals surface area contributed by atoms with Gasteiger partial charge in [-0.3, -0.25) is 4.79 Å². The van der Waals surface area contributed by atoms with Gasteiger partial charge in [0.15, 0.2) is 0 Å². The highest BCUT2D eigenvalue weighted by molar-refractivity contribution is 5.77. The number of hydrogen-bond donors (Lipinski definition) is 3. The molecule has 1 saturated carbocycles. The Hall–Kier alpha value is -1.30. The van der Waals surface area contributed by atoms with E-state index in [1.165, 1.54) is 0 Å². The van der Waals surface area contributed by atoms with Crippen molar-refractivity contribution in [1.29, 1.82) is 0 Å². The molecule has 6 nitrogen and oxygen atoms in total. The van der Waals surface area contributed by atoms with Crippen LogP contribution in [-0.4, -0.2) is 42.4 Å². The Morgan fingerprint density at radius 3 is 2.33 bits per heavy atom. The normalized spacial score (nSPS) is 19.0. The molecule has 1 fully saturated rings. The van der Waals surface area contributed by atoms with Gasteiger partial charge in [-0.1, -0.05) is 33.1 Å². The van der Waals surface area contributed by atoms with E-state index in [0.29, 0.717) is 6.61 Å². The summed E-state index contributed by atoms with van der Waals surface area (Å²) in [7, 11) is 1.60. The van der Waals surface area contributed by atoms with Crippen LogP contribution in [0.2, 0.25) is 0 Å². The second-order valence-corrected chi connectivity index (χ2v) is 6.32. The Balaban J connectivity index is 2.64. The molecule has 6 heteroatoms. The van der Waals surface area contributed by atoms with Crippen LogP contribution in [0.4, 0.5) is 4.79 Å². The van der Waals surface area contributed by atoms with Crippen molar-refractivity contribution in [2.75, 3.05) is 13.7 Å². The number of urea groups is 1. The van der Waals surface area contributed by atoms with Gasteiger partial charge >= 0.3 is 12.0 Å². The molecular formula is C15H28N2O4. The number of ether oxygens (including phenoxy) is 1. The number of nitrogens with one attached hydrogen (secondary N) is 2. The lowest BCUT2D eigenvalue weighted by atomic mass is 9.79. The number of aliphatic carboxylic acids is 1. The van der Waals surface area contributed by atoms with Crippen LogP contribution in [0.25, 0.3) is 0 Å². The third kappa shape index (κ3) is 5.91. The Kier molecular flexibility index (Phi) is 6.95. The molecule has 0 heterocycles. The maximum atomic E-state index is 12.2. The van der Waals surface area contributed by atoms with Gasteiger partial charge in [0.2, 0.25) is 0 Å². The maximum Gasteiger partial charge on any atom is 0.315 e. The molecule has 1 aliphatic rings. The number of carbonyl (C=O) groups is 2. The van der Waals surface area contributed by atoms with E-state index in [2.05, 4.69) is 10.6 Å². The summed E-state index contributed by atoms with van der Waals surface area (Å²) in [6, 6.07) is -0.380. The summed E-state index contributed by atoms with van der Waals surface area (Å²) in [5, 5.41) is 14.9. The summed E-state index contributed by atoms with van der Waals surface area (Å²) >= 11 is 0. The van der Waals surface area contributed by atoms with Crippen molar-refractivity contribution >= 4 is 12.0 Å². The van der Waals surface area contributed by atoms with Gasteiger partial charge in [0.1, 0.15) is 0 Å². The second-order valence-electron chi connectivity index (χ2n) is 6.32. The van der Waals surface area contributed by atoms with E-state index in [4.69, 9.17) is 9.84 Å². The lowest BCUT2D eigenvalue weighted by Gasteiger charge is -2.37. The molecule has 0 radical (unpaired) electrons. The highest BCUT2D eigenvalue weighted by atomic mass is 16.5. The smallest absolute Gasteiger partial charge is 0.315 e. The summed E-state index contributed by atoms with van der Waals surface area (Å²) in [5.74, 6) is -0.619. The van der Waals surface area contributed by atoms with E-state index in [9.17, 15) is 9.59 Å². The summed E-state index contributed by atoms with van der Waals surface area (Å²) in [6.45, 7) is 4.46. The first kappa shape index (κ1) is 17.8. The molecule has 0 aliphatic heterocycles. The predicted octanol–water partition coefficient (Wildman–Crippen LogP) is 2.13. The first-order valence-electron chi connectivity index (χ1n) is 7.68. The molecule has 0 bridgehead atoms. The van der Waals surface area contributed by atoms with Crippen LogP contribution in [0.5, 0.6) is 0 Å². The third-order valence-electron chi connectivity index (χ3n) is 4.15. The highest BCUT2D eigenvalue weighted by Gasteiger charge is 2.36. The molecule has 0 saturated heterocycles. The molecule has 1 aliphatic carbocycles. The maximum absolute atomic E-state index is 12.2. The van der Waals surface area contributed by atoms with Crippen molar-refractivity contribution < 1.29 is 19.4 Å². The molecule has 122 valence electrons. The number of carbonyl (C=O) groups excluding carboxylic acids is 1. The van der Waals surface area contributed by atoms with Gasteiger partial charge < -0.3 is 20.5 Å². The Morgan fingerprint density at radius 1 is 1.24 bits per heavy atom. The van der Waals surface area contributed by atoms with E-state index in [1.54, 1.807) is 7.11 Å². The third-order valence-corrected chi connectivity index (χ3v) is 4.15. The van der Waals surface area contributed by atoms with Gasteiger partial charge in [-0.15, -0.1) is 0 Å². The monoisotopic (exact) mass is 300 g/mol. The lowest BCUT2D eigenvalue weighted by Crippen LogP contribution is -2.57. The summed E-state index contributed by atoms with van der Waals surface area (Å²) in [6.07, 6.45) is 4.45. The SMILES string of the molecule is COCC(NC(=O)NC1(CC(=O)O)CCCCC1)C(C)C. The quantitative estimate of drug-likeness (QED) is 0.672. The lowest BCUT2D eigenvalue weighted by molar-refractivity contribution is -0.139. The molecule has 0 aromatic carbocycles. The first-order chi connectivity index (χ1) is 9.88. The number of hydrogen-bond acceptors (Lipinski definition) is 3. The molecule has 0 aromatic heterocycles. The Morgan fingerprint density at radius 2 is 1.86 bits per heavy atom. The van der Waals surface area contributed by atoms with Crippen molar-refractivity contribution in [1.82, 2.24) is 10.6 Å². The van der Waals surface area contributed by atoms with Gasteiger partial charge in [-0.2, -0.15) is 0 Å². The first-order valence-corrected chi connectivity index (χ1v) is 7.68. The molecule has 2 amide bonds. The standard InChI is InChI=1S/C15H28N2O4/c1-11(2)12(10-21-3)16-14(20)17-15(9-13(18)19)7-5-4-6-8-15/h11-12H,4-10H2,1-3H3,(H,18,19)(H2,16,17,20). The van der Waals surface area contributed by atoms with Crippen LogP contribution in [-0.2, 0) is 9.53 Å². The van der Waals surface area contributed by atoms with Crippen LogP contribution < -0.4 is 10.6 Å². The van der Waals surface area contributed by atoms with Crippen LogP contribution >= 0.6 is 0 Å². The minimum atomic E-state index is -0.866. The number of methoxy groups -OCH3 is 1. The average molecular weight is 300 g/mol. The van der Waals surface area contributed by atoms with Crippen molar-refractivity contribution in [2.24, 2.45) is 5.92 Å². The zero-order valence-corrected chi connectivity index (χ0v) is 13.3. The molecule has 21 heavy (non-hydrogen) atoms. The van der Waals surface area contributed by atoms with Crippen LogP contribution in [0, 0.1) is 5.92 Å². The van der Waals surface area contributed by atoms with Gasteiger partial charge in [-0.05, 0) is 18.8 Å². The zero-order valence-electron chi connectivity index (χ0n) is 13.3. The van der Waals surface area contributed by atoms with E-state index >= 15 is 0 Å². The van der Waals surface area contributed by atoms with Crippen LogP contribution in [0.1, 0.15) is 52.4 Å².